The highest BCUT2D eigenvalue weighted by Gasteiger charge is 2.24. The van der Waals surface area contributed by atoms with Crippen LogP contribution < -0.4 is 5.32 Å². The highest BCUT2D eigenvalue weighted by atomic mass is 16.2. The fourth-order valence-corrected chi connectivity index (χ4v) is 2.89. The number of rotatable bonds is 3. The lowest BCUT2D eigenvalue weighted by molar-refractivity contribution is -0.135. The highest BCUT2D eigenvalue weighted by Crippen LogP contribution is 2.21. The molecule has 0 aromatic heterocycles. The van der Waals surface area contributed by atoms with E-state index in [1.54, 1.807) is 0 Å². The molecule has 0 aromatic carbocycles. The Hall–Kier alpha value is -0.830. The van der Waals surface area contributed by atoms with Gasteiger partial charge in [-0.2, -0.15) is 0 Å². The predicted octanol–water partition coefficient (Wildman–Crippen LogP) is 1.80. The van der Waals surface area contributed by atoms with Gasteiger partial charge in [-0.25, -0.2) is 0 Å². The Morgan fingerprint density at radius 2 is 2.29 bits per heavy atom. The summed E-state index contributed by atoms with van der Waals surface area (Å²) in [6.07, 6.45) is 9.88. The summed E-state index contributed by atoms with van der Waals surface area (Å²) in [5.74, 6) is 1.23. The van der Waals surface area contributed by atoms with E-state index in [4.69, 9.17) is 0 Å². The molecule has 3 nitrogen and oxygen atoms in total. The fraction of sp³-hybridized carbons (Fsp3) is 0.786. The van der Waals surface area contributed by atoms with Gasteiger partial charge in [0.2, 0.25) is 5.91 Å². The summed E-state index contributed by atoms with van der Waals surface area (Å²) in [5.41, 5.74) is 0. The molecule has 0 aromatic rings. The van der Waals surface area contributed by atoms with Crippen molar-refractivity contribution >= 4 is 5.91 Å². The summed E-state index contributed by atoms with van der Waals surface area (Å²) in [5, 5.41) is 3.41. The number of amides is 1. The normalized spacial score (nSPS) is 29.0. The van der Waals surface area contributed by atoms with Gasteiger partial charge in [-0.3, -0.25) is 4.79 Å². The van der Waals surface area contributed by atoms with E-state index in [-0.39, 0.29) is 5.92 Å². The van der Waals surface area contributed by atoms with E-state index in [1.165, 1.54) is 12.8 Å². The molecular weight excluding hydrogens is 212 g/mol. The van der Waals surface area contributed by atoms with Crippen LogP contribution in [0, 0.1) is 11.8 Å². The van der Waals surface area contributed by atoms with E-state index in [1.807, 2.05) is 11.9 Å². The Balaban J connectivity index is 1.79. The number of nitrogens with one attached hydrogen (secondary N) is 1. The first-order valence-electron chi connectivity index (χ1n) is 6.88. The largest absolute Gasteiger partial charge is 0.345 e. The summed E-state index contributed by atoms with van der Waals surface area (Å²) in [4.78, 5) is 14.2. The molecule has 0 saturated carbocycles. The fourth-order valence-electron chi connectivity index (χ4n) is 2.89. The number of carbonyl (C=O) groups is 1. The molecule has 17 heavy (non-hydrogen) atoms. The van der Waals surface area contributed by atoms with E-state index in [0.29, 0.717) is 11.8 Å². The van der Waals surface area contributed by atoms with Gasteiger partial charge in [-0.05, 0) is 51.1 Å². The van der Waals surface area contributed by atoms with E-state index < -0.39 is 0 Å². The zero-order valence-corrected chi connectivity index (χ0v) is 10.8. The van der Waals surface area contributed by atoms with Crippen LogP contribution in [0.5, 0.6) is 0 Å². The van der Waals surface area contributed by atoms with Crippen molar-refractivity contribution in [3.8, 4) is 0 Å². The van der Waals surface area contributed by atoms with Crippen molar-refractivity contribution in [1.29, 1.82) is 0 Å². The van der Waals surface area contributed by atoms with Crippen LogP contribution in [0.3, 0.4) is 0 Å². The maximum atomic E-state index is 12.2. The summed E-state index contributed by atoms with van der Waals surface area (Å²) < 4.78 is 0. The van der Waals surface area contributed by atoms with Crippen LogP contribution in [0.25, 0.3) is 0 Å². The third-order valence-electron chi connectivity index (χ3n) is 3.93. The summed E-state index contributed by atoms with van der Waals surface area (Å²) in [7, 11) is 1.97. The second-order valence-corrected chi connectivity index (χ2v) is 5.41. The van der Waals surface area contributed by atoms with E-state index in [0.717, 1.165) is 38.9 Å². The van der Waals surface area contributed by atoms with Crippen LogP contribution in [0.2, 0.25) is 0 Å². The van der Waals surface area contributed by atoms with Gasteiger partial charge >= 0.3 is 0 Å². The van der Waals surface area contributed by atoms with Gasteiger partial charge in [0, 0.05) is 19.5 Å². The lowest BCUT2D eigenvalue weighted by Gasteiger charge is -2.30. The first kappa shape index (κ1) is 12.6. The molecule has 1 N–H and O–H groups in total. The van der Waals surface area contributed by atoms with Gasteiger partial charge in [0.05, 0.1) is 0 Å². The third-order valence-corrected chi connectivity index (χ3v) is 3.93. The van der Waals surface area contributed by atoms with Crippen LogP contribution in [0.15, 0.2) is 12.2 Å². The van der Waals surface area contributed by atoms with Crippen LogP contribution in [-0.4, -0.2) is 37.5 Å². The average molecular weight is 236 g/mol. The van der Waals surface area contributed by atoms with E-state index in [9.17, 15) is 4.79 Å². The lowest BCUT2D eigenvalue weighted by Crippen LogP contribution is -2.41. The number of hydrogen-bond acceptors (Lipinski definition) is 2. The first-order chi connectivity index (χ1) is 8.27. The van der Waals surface area contributed by atoms with E-state index >= 15 is 0 Å². The number of allylic oxidation sites excluding steroid dienone is 2. The topological polar surface area (TPSA) is 32.3 Å². The van der Waals surface area contributed by atoms with Crippen molar-refractivity contribution in [2.24, 2.45) is 11.8 Å². The molecule has 0 bridgehead atoms. The van der Waals surface area contributed by atoms with Crippen LogP contribution in [-0.2, 0) is 4.79 Å². The number of carbonyl (C=O) groups excluding carboxylic acids is 1. The first-order valence-corrected chi connectivity index (χ1v) is 6.88. The molecule has 2 aliphatic rings. The molecule has 1 saturated heterocycles. The van der Waals surface area contributed by atoms with Gasteiger partial charge in [-0.1, -0.05) is 12.2 Å². The van der Waals surface area contributed by atoms with Crippen molar-refractivity contribution in [2.45, 2.75) is 32.1 Å². The Kier molecular flexibility index (Phi) is 4.60. The molecule has 96 valence electrons. The molecule has 1 amide bonds. The Morgan fingerprint density at radius 1 is 1.41 bits per heavy atom. The van der Waals surface area contributed by atoms with Crippen molar-refractivity contribution < 1.29 is 4.79 Å². The minimum Gasteiger partial charge on any atom is -0.345 e. The second kappa shape index (κ2) is 6.20. The smallest absolute Gasteiger partial charge is 0.225 e. The zero-order valence-electron chi connectivity index (χ0n) is 10.8. The van der Waals surface area contributed by atoms with E-state index in [2.05, 4.69) is 17.5 Å². The standard InChI is InChI=1S/C14H24N2O/c1-16(11-12-6-5-9-15-10-12)14(17)13-7-3-2-4-8-13/h2-3,12-13,15H,4-11H2,1H3. The SMILES string of the molecule is CN(CC1CCCNC1)C(=O)C1CC=CCC1. The molecule has 2 rings (SSSR count). The maximum absolute atomic E-state index is 12.2. The third kappa shape index (κ3) is 3.56. The van der Waals surface area contributed by atoms with Gasteiger partial charge in [0.15, 0.2) is 0 Å². The zero-order chi connectivity index (χ0) is 12.1. The molecule has 1 fully saturated rings. The molecule has 1 aliphatic carbocycles. The predicted molar refractivity (Wildman–Crippen MR) is 69.7 cm³/mol. The number of nitrogens with zero attached hydrogens (tertiary/aromatic N) is 1. The van der Waals surface area contributed by atoms with Gasteiger partial charge in [0.25, 0.3) is 0 Å². The number of hydrogen-bond donors (Lipinski definition) is 1. The molecule has 3 heteroatoms. The van der Waals surface area contributed by atoms with Crippen molar-refractivity contribution in [2.75, 3.05) is 26.7 Å². The maximum Gasteiger partial charge on any atom is 0.225 e. The molecular formula is C14H24N2O. The van der Waals surface area contributed by atoms with Gasteiger partial charge in [0.1, 0.15) is 0 Å². The molecule has 1 aliphatic heterocycles. The molecule has 2 unspecified atom stereocenters. The van der Waals surface area contributed by atoms with Crippen LogP contribution >= 0.6 is 0 Å². The van der Waals surface area contributed by atoms with Crippen molar-refractivity contribution in [3.05, 3.63) is 12.2 Å². The van der Waals surface area contributed by atoms with Crippen molar-refractivity contribution in [1.82, 2.24) is 10.2 Å². The average Bonchev–Trinajstić information content (AvgIpc) is 2.40. The Bertz CT molecular complexity index is 282. The summed E-state index contributed by atoms with van der Waals surface area (Å²) >= 11 is 0. The van der Waals surface area contributed by atoms with Crippen molar-refractivity contribution in [3.63, 3.8) is 0 Å². The minimum atomic E-state index is 0.238. The lowest BCUT2D eigenvalue weighted by atomic mass is 9.92. The van der Waals surface area contributed by atoms with Crippen LogP contribution in [0.4, 0.5) is 0 Å². The van der Waals surface area contributed by atoms with Crippen LogP contribution in [0.1, 0.15) is 32.1 Å². The second-order valence-electron chi connectivity index (χ2n) is 5.41. The summed E-state index contributed by atoms with van der Waals surface area (Å²) in [6, 6.07) is 0. The van der Waals surface area contributed by atoms with Gasteiger partial charge in [-0.15, -0.1) is 0 Å². The quantitative estimate of drug-likeness (QED) is 0.758. The van der Waals surface area contributed by atoms with Gasteiger partial charge < -0.3 is 10.2 Å². The molecule has 0 spiro atoms. The highest BCUT2D eigenvalue weighted by molar-refractivity contribution is 5.78. The Labute approximate surface area is 104 Å². The minimum absolute atomic E-state index is 0.238. The summed E-state index contributed by atoms with van der Waals surface area (Å²) in [6.45, 7) is 3.13. The molecule has 0 radical (unpaired) electrons. The molecule has 2 atom stereocenters. The molecule has 1 heterocycles. The Morgan fingerprint density at radius 3 is 2.94 bits per heavy atom. The number of piperidine rings is 1. The monoisotopic (exact) mass is 236 g/mol.